The molecule has 4 rings (SSSR count). The smallest absolute Gasteiger partial charge is 0.246 e. The van der Waals surface area contributed by atoms with Crippen molar-refractivity contribution in [1.29, 1.82) is 0 Å². The number of aromatic nitrogens is 2. The number of Topliss-reactive ketones (excluding diaryl/α,β-unsaturated/α-hetero) is 1. The largest absolute Gasteiger partial charge is 0.344 e. The fraction of sp³-hybridized carbons (Fsp3) is 0.607. The normalized spacial score (nSPS) is 21.4. The van der Waals surface area contributed by atoms with Gasteiger partial charge in [0.05, 0.1) is 10.8 Å². The van der Waals surface area contributed by atoms with E-state index in [9.17, 15) is 14.4 Å². The number of nitrogens with one attached hydrogen (secondary N) is 1. The predicted octanol–water partition coefficient (Wildman–Crippen LogP) is 5.11. The summed E-state index contributed by atoms with van der Waals surface area (Å²) in [4.78, 5) is 43.4. The Bertz CT molecular complexity index is 1100. The number of carbonyl (C=O) groups excluding carboxylic acids is 3. The lowest BCUT2D eigenvalue weighted by Gasteiger charge is -2.36. The number of rotatable bonds is 9. The molecule has 2 aliphatic rings. The van der Waals surface area contributed by atoms with Crippen LogP contribution in [-0.4, -0.2) is 54.8 Å². The Morgan fingerprint density at radius 2 is 1.84 bits per heavy atom. The highest BCUT2D eigenvalue weighted by molar-refractivity contribution is 8.00. The zero-order valence-corrected chi connectivity index (χ0v) is 23.9. The minimum atomic E-state index is -0.587. The average molecular weight is 543 g/mol. The summed E-state index contributed by atoms with van der Waals surface area (Å²) < 4.78 is 3.69. The van der Waals surface area contributed by atoms with Gasteiger partial charge in [-0.3, -0.25) is 14.4 Å². The van der Waals surface area contributed by atoms with Crippen LogP contribution in [0.15, 0.2) is 30.3 Å². The molecule has 1 aliphatic carbocycles. The van der Waals surface area contributed by atoms with Gasteiger partial charge in [-0.1, -0.05) is 67.9 Å². The van der Waals surface area contributed by atoms with Crippen molar-refractivity contribution in [3.63, 3.8) is 0 Å². The van der Waals surface area contributed by atoms with Crippen LogP contribution in [0.25, 0.3) is 11.3 Å². The van der Waals surface area contributed by atoms with Gasteiger partial charge >= 0.3 is 0 Å². The first kappa shape index (κ1) is 27.8. The number of carbonyl (C=O) groups is 3. The second kappa shape index (κ2) is 12.1. The quantitative estimate of drug-likeness (QED) is 0.474. The van der Waals surface area contributed by atoms with Gasteiger partial charge in [0.15, 0.2) is 5.78 Å². The minimum Gasteiger partial charge on any atom is -0.344 e. The van der Waals surface area contributed by atoms with E-state index in [0.717, 1.165) is 54.7 Å². The standard InChI is InChI=1S/C28H38N4O3S2/c1-5-18(2)26(34)29-24(20-14-10-7-11-15-20)27(35)32-17-36-28(3,4)25(32)21(33)16-22-23(30-31-37-22)19-12-8-6-9-13-19/h6,8-9,12-13,18,20,24-25H,5,7,10-11,14-17H2,1-4H3,(H,29,34)/t18-,24+,25-/m1/s1. The lowest BCUT2D eigenvalue weighted by molar-refractivity contribution is -0.143. The Morgan fingerprint density at radius 1 is 1.14 bits per heavy atom. The Morgan fingerprint density at radius 3 is 2.51 bits per heavy atom. The van der Waals surface area contributed by atoms with Gasteiger partial charge in [-0.15, -0.1) is 16.9 Å². The molecule has 2 amide bonds. The molecule has 0 radical (unpaired) electrons. The van der Waals surface area contributed by atoms with Crippen LogP contribution in [0, 0.1) is 11.8 Å². The van der Waals surface area contributed by atoms with Crippen molar-refractivity contribution in [1.82, 2.24) is 19.8 Å². The molecule has 2 aromatic rings. The third-order valence-corrected chi connectivity index (χ3v) is 9.91. The monoisotopic (exact) mass is 542 g/mol. The molecule has 2 heterocycles. The van der Waals surface area contributed by atoms with Crippen molar-refractivity contribution >= 4 is 40.9 Å². The molecule has 1 saturated heterocycles. The van der Waals surface area contributed by atoms with E-state index in [1.165, 1.54) is 11.5 Å². The van der Waals surface area contributed by atoms with Gasteiger partial charge < -0.3 is 10.2 Å². The number of thioether (sulfide) groups is 1. The zero-order chi connectivity index (χ0) is 26.6. The number of amides is 2. The second-order valence-corrected chi connectivity index (χ2v) is 13.3. The van der Waals surface area contributed by atoms with E-state index in [4.69, 9.17) is 0 Å². The van der Waals surface area contributed by atoms with E-state index in [-0.39, 0.29) is 35.9 Å². The Hall–Kier alpha value is -2.26. The number of nitrogens with zero attached hydrogens (tertiary/aromatic N) is 3. The van der Waals surface area contributed by atoms with E-state index in [2.05, 4.69) is 14.9 Å². The van der Waals surface area contributed by atoms with E-state index < -0.39 is 16.8 Å². The molecule has 0 unspecified atom stereocenters. The van der Waals surface area contributed by atoms with Crippen LogP contribution in [0.4, 0.5) is 0 Å². The highest BCUT2D eigenvalue weighted by Crippen LogP contribution is 2.42. The van der Waals surface area contributed by atoms with Crippen molar-refractivity contribution < 1.29 is 14.4 Å². The summed E-state index contributed by atoms with van der Waals surface area (Å²) in [6.07, 6.45) is 6.04. The van der Waals surface area contributed by atoms with Crippen molar-refractivity contribution in [3.8, 4) is 11.3 Å². The fourth-order valence-electron chi connectivity index (χ4n) is 5.42. The lowest BCUT2D eigenvalue weighted by Crippen LogP contribution is -2.58. The number of benzene rings is 1. The van der Waals surface area contributed by atoms with Crippen LogP contribution in [0.3, 0.4) is 0 Å². The third-order valence-electron chi connectivity index (χ3n) is 7.82. The zero-order valence-electron chi connectivity index (χ0n) is 22.2. The maximum absolute atomic E-state index is 14.1. The molecule has 2 fully saturated rings. The van der Waals surface area contributed by atoms with Gasteiger partial charge in [-0.2, -0.15) is 0 Å². The Balaban J connectivity index is 1.58. The van der Waals surface area contributed by atoms with Crippen molar-refractivity contribution in [2.45, 2.75) is 89.5 Å². The molecule has 3 atom stereocenters. The van der Waals surface area contributed by atoms with E-state index in [1.54, 1.807) is 16.7 Å². The van der Waals surface area contributed by atoms with Crippen LogP contribution in [0.1, 0.15) is 71.1 Å². The predicted molar refractivity (Wildman–Crippen MR) is 149 cm³/mol. The third kappa shape index (κ3) is 6.25. The minimum absolute atomic E-state index is 0.0118. The lowest BCUT2D eigenvalue weighted by atomic mass is 9.82. The summed E-state index contributed by atoms with van der Waals surface area (Å²) in [7, 11) is 0. The van der Waals surface area contributed by atoms with Gasteiger partial charge in [0, 0.05) is 22.6 Å². The fourth-order valence-corrected chi connectivity index (χ4v) is 7.26. The summed E-state index contributed by atoms with van der Waals surface area (Å²) in [6.45, 7) is 7.94. The molecule has 7 nitrogen and oxygen atoms in total. The van der Waals surface area contributed by atoms with Gasteiger partial charge in [-0.05, 0) is 50.6 Å². The summed E-state index contributed by atoms with van der Waals surface area (Å²) in [5.41, 5.74) is 1.65. The highest BCUT2D eigenvalue weighted by Gasteiger charge is 2.50. The van der Waals surface area contributed by atoms with Crippen LogP contribution in [0.5, 0.6) is 0 Å². The molecule has 0 bridgehead atoms. The second-order valence-electron chi connectivity index (χ2n) is 10.8. The first-order chi connectivity index (χ1) is 17.7. The van der Waals surface area contributed by atoms with E-state index >= 15 is 0 Å². The van der Waals surface area contributed by atoms with Crippen LogP contribution >= 0.6 is 23.3 Å². The molecule has 1 saturated carbocycles. The molecule has 37 heavy (non-hydrogen) atoms. The van der Waals surface area contributed by atoms with Gasteiger partial charge in [0.1, 0.15) is 17.8 Å². The highest BCUT2D eigenvalue weighted by atomic mass is 32.2. The van der Waals surface area contributed by atoms with Crippen molar-refractivity contribution in [2.75, 3.05) is 5.88 Å². The molecule has 1 aromatic heterocycles. The topological polar surface area (TPSA) is 92.3 Å². The molecule has 200 valence electrons. The van der Waals surface area contributed by atoms with E-state index in [1.807, 2.05) is 58.0 Å². The average Bonchev–Trinajstić information content (AvgIpc) is 3.50. The molecular formula is C28H38N4O3S2. The first-order valence-corrected chi connectivity index (χ1v) is 15.1. The Labute approximate surface area is 228 Å². The molecule has 1 aliphatic heterocycles. The molecular weight excluding hydrogens is 504 g/mol. The summed E-state index contributed by atoms with van der Waals surface area (Å²) in [5, 5.41) is 7.39. The van der Waals surface area contributed by atoms with Gasteiger partial charge in [0.2, 0.25) is 11.8 Å². The summed E-state index contributed by atoms with van der Waals surface area (Å²) in [6, 6.07) is 8.58. The first-order valence-electron chi connectivity index (χ1n) is 13.4. The van der Waals surface area contributed by atoms with Crippen LogP contribution < -0.4 is 5.32 Å². The number of hydrogen-bond donors (Lipinski definition) is 1. The summed E-state index contributed by atoms with van der Waals surface area (Å²) >= 11 is 2.86. The maximum atomic E-state index is 14.1. The molecule has 0 spiro atoms. The molecule has 9 heteroatoms. The Kier molecular flexibility index (Phi) is 9.06. The van der Waals surface area contributed by atoms with Crippen molar-refractivity contribution in [3.05, 3.63) is 35.2 Å². The van der Waals surface area contributed by atoms with Crippen molar-refractivity contribution in [2.24, 2.45) is 11.8 Å². The van der Waals surface area contributed by atoms with Gasteiger partial charge in [0.25, 0.3) is 0 Å². The van der Waals surface area contributed by atoms with Crippen LogP contribution in [0.2, 0.25) is 0 Å². The SMILES string of the molecule is CC[C@@H](C)C(=O)N[C@H](C(=O)N1CSC(C)(C)[C@H]1C(=O)Cc1snnc1-c1ccccc1)C1CCCCC1. The molecule has 1 N–H and O–H groups in total. The van der Waals surface area contributed by atoms with Crippen LogP contribution in [-0.2, 0) is 20.8 Å². The number of ketones is 1. The number of hydrogen-bond acceptors (Lipinski definition) is 7. The van der Waals surface area contributed by atoms with E-state index in [0.29, 0.717) is 5.88 Å². The summed E-state index contributed by atoms with van der Waals surface area (Å²) in [5.74, 6) is 0.179. The molecule has 1 aromatic carbocycles. The maximum Gasteiger partial charge on any atom is 0.246 e. The van der Waals surface area contributed by atoms with Gasteiger partial charge in [-0.25, -0.2) is 0 Å².